The summed E-state index contributed by atoms with van der Waals surface area (Å²) in [5, 5.41) is 0. The van der Waals surface area contributed by atoms with Crippen LogP contribution in [0.1, 0.15) is 44.9 Å². The molecule has 2 aliphatic rings. The first-order valence-electron chi connectivity index (χ1n) is 7.65. The maximum Gasteiger partial charge on any atom is 0.0117 e. The van der Waals surface area contributed by atoms with Crippen LogP contribution < -0.4 is 0 Å². The molecule has 0 unspecified atom stereocenters. The summed E-state index contributed by atoms with van der Waals surface area (Å²) >= 11 is 4.67. The van der Waals surface area contributed by atoms with E-state index in [2.05, 4.69) is 36.5 Å². The van der Waals surface area contributed by atoms with E-state index in [0.717, 1.165) is 11.8 Å². The van der Waals surface area contributed by atoms with E-state index in [1.54, 1.807) is 0 Å². The van der Waals surface area contributed by atoms with Crippen LogP contribution in [0.3, 0.4) is 0 Å². The SMILES string of the molecule is CN1CCC(N(C)CC2(CS)CCCCC2)CC1. The molecule has 3 heteroatoms. The van der Waals surface area contributed by atoms with Gasteiger partial charge in [0, 0.05) is 12.6 Å². The number of piperidine rings is 1. The first-order valence-corrected chi connectivity index (χ1v) is 8.28. The van der Waals surface area contributed by atoms with Crippen LogP contribution in [0.5, 0.6) is 0 Å². The Bertz CT molecular complexity index is 243. The van der Waals surface area contributed by atoms with Gasteiger partial charge in [0.25, 0.3) is 0 Å². The van der Waals surface area contributed by atoms with Gasteiger partial charge in [-0.25, -0.2) is 0 Å². The summed E-state index contributed by atoms with van der Waals surface area (Å²) < 4.78 is 0. The fourth-order valence-corrected chi connectivity index (χ4v) is 4.18. The minimum atomic E-state index is 0.513. The molecule has 0 aromatic carbocycles. The number of nitrogens with zero attached hydrogens (tertiary/aromatic N) is 2. The summed E-state index contributed by atoms with van der Waals surface area (Å²) in [6.45, 7) is 3.80. The van der Waals surface area contributed by atoms with E-state index in [-0.39, 0.29) is 0 Å². The Labute approximate surface area is 119 Å². The van der Waals surface area contributed by atoms with E-state index in [4.69, 9.17) is 0 Å². The summed E-state index contributed by atoms with van der Waals surface area (Å²) in [5.74, 6) is 1.07. The Morgan fingerprint density at radius 3 is 2.33 bits per heavy atom. The summed E-state index contributed by atoms with van der Waals surface area (Å²) in [6, 6.07) is 0.805. The van der Waals surface area contributed by atoms with Gasteiger partial charge in [-0.2, -0.15) is 12.6 Å². The van der Waals surface area contributed by atoms with Crippen molar-refractivity contribution in [1.29, 1.82) is 0 Å². The van der Waals surface area contributed by atoms with Gasteiger partial charge in [-0.15, -0.1) is 0 Å². The Kier molecular flexibility index (Phi) is 5.40. The maximum absolute atomic E-state index is 4.67. The fraction of sp³-hybridized carbons (Fsp3) is 1.00. The fourth-order valence-electron chi connectivity index (χ4n) is 3.76. The van der Waals surface area contributed by atoms with Crippen molar-refractivity contribution < 1.29 is 0 Å². The first-order chi connectivity index (χ1) is 8.65. The molecule has 0 aromatic heterocycles. The molecular formula is C15H30N2S. The quantitative estimate of drug-likeness (QED) is 0.785. The lowest BCUT2D eigenvalue weighted by molar-refractivity contribution is 0.0823. The lowest BCUT2D eigenvalue weighted by atomic mass is 9.75. The maximum atomic E-state index is 4.67. The number of likely N-dealkylation sites (tertiary alicyclic amines) is 1. The third-order valence-electron chi connectivity index (χ3n) is 5.15. The normalized spacial score (nSPS) is 26.7. The molecule has 2 nitrogen and oxygen atoms in total. The Morgan fingerprint density at radius 1 is 1.17 bits per heavy atom. The van der Waals surface area contributed by atoms with Gasteiger partial charge in [-0.3, -0.25) is 0 Å². The lowest BCUT2D eigenvalue weighted by Gasteiger charge is -2.43. The Morgan fingerprint density at radius 2 is 1.78 bits per heavy atom. The van der Waals surface area contributed by atoms with Gasteiger partial charge in [0.1, 0.15) is 0 Å². The Balaban J connectivity index is 1.86. The van der Waals surface area contributed by atoms with Crippen LogP contribution in [0.2, 0.25) is 0 Å². The van der Waals surface area contributed by atoms with Crippen LogP contribution in [-0.4, -0.2) is 55.3 Å². The smallest absolute Gasteiger partial charge is 0.0117 e. The van der Waals surface area contributed by atoms with E-state index < -0.39 is 0 Å². The minimum Gasteiger partial charge on any atom is -0.306 e. The molecule has 1 aliphatic carbocycles. The number of rotatable bonds is 4. The number of hydrogen-bond donors (Lipinski definition) is 1. The van der Waals surface area contributed by atoms with E-state index in [9.17, 15) is 0 Å². The zero-order valence-corrected chi connectivity index (χ0v) is 13.1. The Hall–Kier alpha value is 0.270. The van der Waals surface area contributed by atoms with Gasteiger partial charge >= 0.3 is 0 Å². The third-order valence-corrected chi connectivity index (χ3v) is 5.82. The molecule has 1 aliphatic heterocycles. The van der Waals surface area contributed by atoms with Crippen molar-refractivity contribution in [3.63, 3.8) is 0 Å². The molecule has 0 aromatic rings. The van der Waals surface area contributed by atoms with Crippen LogP contribution in [0, 0.1) is 5.41 Å². The van der Waals surface area contributed by atoms with Crippen molar-refractivity contribution in [2.24, 2.45) is 5.41 Å². The number of thiol groups is 1. The monoisotopic (exact) mass is 270 g/mol. The van der Waals surface area contributed by atoms with Gasteiger partial charge in [0.05, 0.1) is 0 Å². The van der Waals surface area contributed by atoms with Crippen LogP contribution in [-0.2, 0) is 0 Å². The third kappa shape index (κ3) is 3.64. The van der Waals surface area contributed by atoms with Gasteiger partial charge < -0.3 is 9.80 Å². The topological polar surface area (TPSA) is 6.48 Å². The van der Waals surface area contributed by atoms with Crippen LogP contribution >= 0.6 is 12.6 Å². The van der Waals surface area contributed by atoms with Crippen molar-refractivity contribution in [3.05, 3.63) is 0 Å². The molecule has 1 saturated carbocycles. The number of hydrogen-bond acceptors (Lipinski definition) is 3. The molecule has 0 bridgehead atoms. The average Bonchev–Trinajstić information content (AvgIpc) is 2.40. The molecule has 0 radical (unpaired) electrons. The van der Waals surface area contributed by atoms with E-state index >= 15 is 0 Å². The molecule has 0 N–H and O–H groups in total. The molecule has 0 atom stereocenters. The van der Waals surface area contributed by atoms with Crippen molar-refractivity contribution in [1.82, 2.24) is 9.80 Å². The highest BCUT2D eigenvalue weighted by Gasteiger charge is 2.33. The molecule has 0 amide bonds. The van der Waals surface area contributed by atoms with E-state index in [1.807, 2.05) is 0 Å². The first kappa shape index (κ1) is 14.7. The van der Waals surface area contributed by atoms with Gasteiger partial charge in [0.2, 0.25) is 0 Å². The van der Waals surface area contributed by atoms with E-state index in [0.29, 0.717) is 5.41 Å². The van der Waals surface area contributed by atoms with Crippen molar-refractivity contribution in [3.8, 4) is 0 Å². The zero-order chi connectivity index (χ0) is 13.0. The van der Waals surface area contributed by atoms with Crippen LogP contribution in [0.15, 0.2) is 0 Å². The van der Waals surface area contributed by atoms with Gasteiger partial charge in [-0.1, -0.05) is 19.3 Å². The molecule has 1 heterocycles. The highest BCUT2D eigenvalue weighted by molar-refractivity contribution is 7.80. The van der Waals surface area contributed by atoms with Crippen LogP contribution in [0.4, 0.5) is 0 Å². The molecule has 18 heavy (non-hydrogen) atoms. The summed E-state index contributed by atoms with van der Waals surface area (Å²) in [7, 11) is 4.59. The lowest BCUT2D eigenvalue weighted by Crippen LogP contribution is -2.47. The van der Waals surface area contributed by atoms with Crippen molar-refractivity contribution in [2.75, 3.05) is 39.5 Å². The average molecular weight is 270 g/mol. The summed E-state index contributed by atoms with van der Waals surface area (Å²) in [4.78, 5) is 5.11. The predicted molar refractivity (Wildman–Crippen MR) is 82.5 cm³/mol. The second-order valence-corrected chi connectivity index (χ2v) is 6.98. The highest BCUT2D eigenvalue weighted by Crippen LogP contribution is 2.38. The highest BCUT2D eigenvalue weighted by atomic mass is 32.1. The second-order valence-electron chi connectivity index (χ2n) is 6.67. The van der Waals surface area contributed by atoms with E-state index in [1.165, 1.54) is 64.6 Å². The van der Waals surface area contributed by atoms with Crippen LogP contribution in [0.25, 0.3) is 0 Å². The molecule has 2 rings (SSSR count). The standard InChI is InChI=1S/C15H30N2S/c1-16-10-6-14(7-11-16)17(2)12-15(13-18)8-4-3-5-9-15/h14,18H,3-13H2,1-2H3. The molecular weight excluding hydrogens is 240 g/mol. The van der Waals surface area contributed by atoms with Gasteiger partial charge in [0.15, 0.2) is 0 Å². The zero-order valence-electron chi connectivity index (χ0n) is 12.2. The second kappa shape index (κ2) is 6.62. The summed E-state index contributed by atoms with van der Waals surface area (Å²) in [5.41, 5.74) is 0.513. The predicted octanol–water partition coefficient (Wildman–Crippen LogP) is 2.89. The summed E-state index contributed by atoms with van der Waals surface area (Å²) in [6.07, 6.45) is 9.75. The largest absolute Gasteiger partial charge is 0.306 e. The minimum absolute atomic E-state index is 0.513. The van der Waals surface area contributed by atoms with Crippen molar-refractivity contribution in [2.45, 2.75) is 51.0 Å². The molecule has 0 spiro atoms. The molecule has 2 fully saturated rings. The van der Waals surface area contributed by atoms with Crippen molar-refractivity contribution >= 4 is 12.6 Å². The molecule has 1 saturated heterocycles. The molecule has 106 valence electrons. The van der Waals surface area contributed by atoms with Gasteiger partial charge in [-0.05, 0) is 64.0 Å².